The van der Waals surface area contributed by atoms with Crippen molar-refractivity contribution in [3.05, 3.63) is 29.3 Å². The molecule has 0 aromatic heterocycles. The number of rotatable bonds is 9. The Morgan fingerprint density at radius 1 is 1.15 bits per heavy atom. The molecule has 1 fully saturated rings. The number of anilines is 1. The van der Waals surface area contributed by atoms with Gasteiger partial charge in [-0.15, -0.1) is 0 Å². The van der Waals surface area contributed by atoms with Crippen LogP contribution in [0.2, 0.25) is 0 Å². The summed E-state index contributed by atoms with van der Waals surface area (Å²) >= 11 is 2.01. The molecule has 1 aliphatic heterocycles. The largest absolute Gasteiger partial charge is 0.343 e. The van der Waals surface area contributed by atoms with Crippen LogP contribution in [0.15, 0.2) is 18.2 Å². The van der Waals surface area contributed by atoms with E-state index in [-0.39, 0.29) is 11.8 Å². The Hall–Kier alpha value is -1.53. The van der Waals surface area contributed by atoms with Crippen LogP contribution in [-0.2, 0) is 16.1 Å². The van der Waals surface area contributed by atoms with Gasteiger partial charge >= 0.3 is 0 Å². The molecule has 2 rings (SSSR count). The van der Waals surface area contributed by atoms with Crippen molar-refractivity contribution in [3.63, 3.8) is 0 Å². The monoisotopic (exact) mass is 391 g/mol. The van der Waals surface area contributed by atoms with Crippen molar-refractivity contribution in [2.75, 3.05) is 43.0 Å². The Kier molecular flexibility index (Phi) is 9.15. The van der Waals surface area contributed by atoms with Gasteiger partial charge in [-0.1, -0.05) is 12.1 Å². The zero-order valence-corrected chi connectivity index (χ0v) is 17.7. The summed E-state index contributed by atoms with van der Waals surface area (Å²) in [5.74, 6) is 2.51. The molecule has 1 heterocycles. The van der Waals surface area contributed by atoms with E-state index in [9.17, 15) is 9.59 Å². The van der Waals surface area contributed by atoms with E-state index in [2.05, 4.69) is 28.4 Å². The average molecular weight is 392 g/mol. The van der Waals surface area contributed by atoms with Crippen molar-refractivity contribution < 1.29 is 9.59 Å². The van der Waals surface area contributed by atoms with Crippen LogP contribution in [0.3, 0.4) is 0 Å². The van der Waals surface area contributed by atoms with Crippen molar-refractivity contribution in [2.24, 2.45) is 0 Å². The summed E-state index contributed by atoms with van der Waals surface area (Å²) < 4.78 is 0. The van der Waals surface area contributed by atoms with Gasteiger partial charge in [0.2, 0.25) is 11.8 Å². The molecule has 1 saturated heterocycles. The zero-order chi connectivity index (χ0) is 19.6. The summed E-state index contributed by atoms with van der Waals surface area (Å²) in [6.45, 7) is 10.6. The number of amides is 2. The summed E-state index contributed by atoms with van der Waals surface area (Å²) in [4.78, 5) is 28.6. The smallest absolute Gasteiger partial charge is 0.224 e. The normalized spacial score (nSPS) is 14.8. The van der Waals surface area contributed by atoms with Crippen LogP contribution in [0, 0.1) is 6.92 Å². The first-order valence-electron chi connectivity index (χ1n) is 10.0. The van der Waals surface area contributed by atoms with E-state index in [1.807, 2.05) is 37.4 Å². The molecular formula is C21H33N3O2S. The lowest BCUT2D eigenvalue weighted by Crippen LogP contribution is -2.32. The maximum Gasteiger partial charge on any atom is 0.224 e. The Morgan fingerprint density at radius 3 is 2.52 bits per heavy atom. The third-order valence-electron chi connectivity index (χ3n) is 5.00. The third-order valence-corrected chi connectivity index (χ3v) is 5.94. The predicted molar refractivity (Wildman–Crippen MR) is 114 cm³/mol. The lowest BCUT2D eigenvalue weighted by molar-refractivity contribution is -0.130. The van der Waals surface area contributed by atoms with Crippen molar-refractivity contribution in [2.45, 2.75) is 46.6 Å². The molecule has 0 spiro atoms. The Labute approximate surface area is 167 Å². The first kappa shape index (κ1) is 21.8. The number of benzene rings is 1. The molecule has 150 valence electrons. The topological polar surface area (TPSA) is 52.7 Å². The molecule has 1 aromatic carbocycles. The quantitative estimate of drug-likeness (QED) is 0.700. The molecule has 1 aliphatic rings. The Balaban J connectivity index is 1.83. The van der Waals surface area contributed by atoms with Crippen LogP contribution >= 0.6 is 11.8 Å². The SMILES string of the molecule is CCN(CC)C(=O)CCCC(=O)Nc1cc(CN2CCSCC2)ccc1C. The summed E-state index contributed by atoms with van der Waals surface area (Å²) in [5.41, 5.74) is 3.19. The van der Waals surface area contributed by atoms with Crippen LogP contribution in [0.5, 0.6) is 0 Å². The number of hydrogen-bond donors (Lipinski definition) is 1. The van der Waals surface area contributed by atoms with E-state index in [4.69, 9.17) is 0 Å². The first-order chi connectivity index (χ1) is 13.0. The van der Waals surface area contributed by atoms with Gasteiger partial charge in [0, 0.05) is 62.8 Å². The van der Waals surface area contributed by atoms with Gasteiger partial charge in [-0.25, -0.2) is 0 Å². The first-order valence-corrected chi connectivity index (χ1v) is 11.2. The summed E-state index contributed by atoms with van der Waals surface area (Å²) in [7, 11) is 0. The minimum atomic E-state index is -0.0167. The van der Waals surface area contributed by atoms with Gasteiger partial charge in [0.05, 0.1) is 0 Å². The molecule has 0 unspecified atom stereocenters. The summed E-state index contributed by atoms with van der Waals surface area (Å²) in [5, 5.41) is 3.03. The fraction of sp³-hybridized carbons (Fsp3) is 0.619. The third kappa shape index (κ3) is 7.18. The van der Waals surface area contributed by atoms with Gasteiger partial charge in [0.1, 0.15) is 0 Å². The fourth-order valence-electron chi connectivity index (χ4n) is 3.27. The van der Waals surface area contributed by atoms with Gasteiger partial charge in [0.15, 0.2) is 0 Å². The van der Waals surface area contributed by atoms with Crippen LogP contribution in [0.25, 0.3) is 0 Å². The number of nitrogens with zero attached hydrogens (tertiary/aromatic N) is 2. The zero-order valence-electron chi connectivity index (χ0n) is 16.9. The maximum absolute atomic E-state index is 12.3. The highest BCUT2D eigenvalue weighted by Crippen LogP contribution is 2.20. The van der Waals surface area contributed by atoms with Crippen LogP contribution in [0.1, 0.15) is 44.2 Å². The van der Waals surface area contributed by atoms with Crippen molar-refractivity contribution in [1.29, 1.82) is 0 Å². The highest BCUT2D eigenvalue weighted by Gasteiger charge is 2.13. The predicted octanol–water partition coefficient (Wildman–Crippen LogP) is 3.52. The molecule has 0 saturated carbocycles. The maximum atomic E-state index is 12.3. The highest BCUT2D eigenvalue weighted by atomic mass is 32.2. The highest BCUT2D eigenvalue weighted by molar-refractivity contribution is 7.99. The van der Waals surface area contributed by atoms with Gasteiger partial charge in [-0.2, -0.15) is 11.8 Å². The second-order valence-electron chi connectivity index (χ2n) is 7.01. The van der Waals surface area contributed by atoms with E-state index < -0.39 is 0 Å². The molecule has 5 nitrogen and oxygen atoms in total. The van der Waals surface area contributed by atoms with Crippen LogP contribution in [0.4, 0.5) is 5.69 Å². The molecule has 6 heteroatoms. The van der Waals surface area contributed by atoms with E-state index >= 15 is 0 Å². The fourth-order valence-corrected chi connectivity index (χ4v) is 4.25. The van der Waals surface area contributed by atoms with Gasteiger partial charge in [-0.3, -0.25) is 14.5 Å². The molecule has 0 atom stereocenters. The van der Waals surface area contributed by atoms with E-state index in [1.165, 1.54) is 17.1 Å². The van der Waals surface area contributed by atoms with Crippen molar-refractivity contribution in [1.82, 2.24) is 9.80 Å². The standard InChI is InChI=1S/C21H33N3O2S/c1-4-24(5-2)21(26)8-6-7-20(25)22-19-15-18(10-9-17(19)3)16-23-11-13-27-14-12-23/h9-10,15H,4-8,11-14,16H2,1-3H3,(H,22,25). The Bertz CT molecular complexity index is 626. The number of carbonyl (C=O) groups is 2. The molecule has 0 aliphatic carbocycles. The minimum absolute atomic E-state index is 0.0167. The minimum Gasteiger partial charge on any atom is -0.343 e. The second kappa shape index (κ2) is 11.3. The summed E-state index contributed by atoms with van der Waals surface area (Å²) in [6, 6.07) is 6.32. The van der Waals surface area contributed by atoms with E-state index in [0.717, 1.165) is 44.0 Å². The molecular weight excluding hydrogens is 358 g/mol. The Morgan fingerprint density at radius 2 is 1.85 bits per heavy atom. The molecule has 0 bridgehead atoms. The lowest BCUT2D eigenvalue weighted by Gasteiger charge is -2.26. The molecule has 27 heavy (non-hydrogen) atoms. The number of thioether (sulfide) groups is 1. The molecule has 1 aromatic rings. The second-order valence-corrected chi connectivity index (χ2v) is 8.23. The molecule has 2 amide bonds. The molecule has 1 N–H and O–H groups in total. The van der Waals surface area contributed by atoms with Crippen molar-refractivity contribution >= 4 is 29.3 Å². The molecule has 0 radical (unpaired) electrons. The van der Waals surface area contributed by atoms with Crippen LogP contribution < -0.4 is 5.32 Å². The number of hydrogen-bond acceptors (Lipinski definition) is 4. The summed E-state index contributed by atoms with van der Waals surface area (Å²) in [6.07, 6.45) is 1.40. The van der Waals surface area contributed by atoms with Gasteiger partial charge in [-0.05, 0) is 44.4 Å². The van der Waals surface area contributed by atoms with Crippen LogP contribution in [-0.4, -0.2) is 59.3 Å². The number of nitrogens with one attached hydrogen (secondary N) is 1. The van der Waals surface area contributed by atoms with Gasteiger partial charge < -0.3 is 10.2 Å². The van der Waals surface area contributed by atoms with Crippen molar-refractivity contribution in [3.8, 4) is 0 Å². The van der Waals surface area contributed by atoms with Gasteiger partial charge in [0.25, 0.3) is 0 Å². The van der Waals surface area contributed by atoms with E-state index in [0.29, 0.717) is 19.3 Å². The average Bonchev–Trinajstić information content (AvgIpc) is 2.66. The van der Waals surface area contributed by atoms with E-state index in [1.54, 1.807) is 0 Å². The lowest BCUT2D eigenvalue weighted by atomic mass is 10.1. The number of aryl methyl sites for hydroxylation is 1. The number of carbonyl (C=O) groups excluding carboxylic acids is 2.